The largest absolute Gasteiger partial charge is 0.507 e. The molecule has 0 spiro atoms. The first-order chi connectivity index (χ1) is 35.0. The maximum absolute atomic E-state index is 12.6. The van der Waals surface area contributed by atoms with Gasteiger partial charge >= 0.3 is 0 Å². The molecule has 368 valence electrons. The molecular weight excluding hydrogens is 1090 g/mol. The van der Waals surface area contributed by atoms with Gasteiger partial charge in [-0.25, -0.2) is 4.98 Å². The Balaban J connectivity index is 0.00000556. The van der Waals surface area contributed by atoms with Gasteiger partial charge in [0, 0.05) is 71.0 Å². The first-order valence-electron chi connectivity index (χ1n) is 25.1. The van der Waals surface area contributed by atoms with Crippen LogP contribution in [0, 0.1) is 6.07 Å². The minimum absolute atomic E-state index is 0. The molecule has 0 unspecified atom stereocenters. The molecule has 0 aliphatic carbocycles. The van der Waals surface area contributed by atoms with Crippen LogP contribution in [0.5, 0.6) is 5.75 Å². The summed E-state index contributed by atoms with van der Waals surface area (Å²) in [5.74, 6) is 1.23. The van der Waals surface area contributed by atoms with Crippen molar-refractivity contribution in [1.82, 2.24) is 14.5 Å². The van der Waals surface area contributed by atoms with Crippen molar-refractivity contribution in [2.24, 2.45) is 0 Å². The van der Waals surface area contributed by atoms with Crippen LogP contribution in [0.15, 0.2) is 171 Å². The number of pyridine rings is 1. The third-order valence-electron chi connectivity index (χ3n) is 14.8. The summed E-state index contributed by atoms with van der Waals surface area (Å²) in [5, 5.41) is 19.4. The predicted molar refractivity (Wildman–Crippen MR) is 299 cm³/mol. The van der Waals surface area contributed by atoms with E-state index in [1.165, 1.54) is 5.56 Å². The van der Waals surface area contributed by atoms with Crippen LogP contribution in [0.3, 0.4) is 0 Å². The van der Waals surface area contributed by atoms with E-state index in [1.54, 1.807) is 0 Å². The number of hydrogen-bond acceptors (Lipinski definition) is 6. The molecule has 0 amide bonds. The molecule has 0 fully saturated rings. The number of imidazole rings is 1. The molecule has 8 heteroatoms. The van der Waals surface area contributed by atoms with Gasteiger partial charge in [-0.1, -0.05) is 164 Å². The quantitative estimate of drug-likeness (QED) is 0.173. The number of furan rings is 3. The molecule has 0 atom stereocenters. The molecule has 74 heavy (non-hydrogen) atoms. The maximum atomic E-state index is 12.6. The van der Waals surface area contributed by atoms with Crippen molar-refractivity contribution in [2.75, 3.05) is 0 Å². The number of benzene rings is 8. The fraction of sp³-hybridized carbons (Fsp3) is 0.182. The third kappa shape index (κ3) is 7.58. The number of rotatable bonds is 5. The Bertz CT molecular complexity index is 4400. The molecule has 0 radical (unpaired) electrons. The Morgan fingerprint density at radius 2 is 1.26 bits per heavy atom. The van der Waals surface area contributed by atoms with Crippen molar-refractivity contribution in [1.29, 1.82) is 0 Å². The van der Waals surface area contributed by atoms with Gasteiger partial charge < -0.3 is 18.4 Å². The minimum atomic E-state index is -0.361. The standard InChI is InChI=1S/C66H54N3O4.Pt/c1-64(2,3)42-22-25-52(47(34-42)37-15-11-10-12-16-37)69-53-26-28-55-58(59(53)68-62(69)49-35-43(65(4,5)6)36-50(60(49)70)66(7,8)9)57-48-31-41(21-27-54(48)72-63(57)73-55)51-32-40(29-30-67-51)39-20-23-45-46-24-19-38-17-13-14-18-44(38)61(46)71-56(45)33-39;/h10-30,32-36,70H,1-9H3;/q-1;. The number of phenols is 1. The fourth-order valence-corrected chi connectivity index (χ4v) is 10.7. The number of hydrogen-bond donors (Lipinski definition) is 1. The number of aromatic hydroxyl groups is 1. The molecular formula is C66H54N3O4Pt-. The monoisotopic (exact) mass is 1150 g/mol. The van der Waals surface area contributed by atoms with Crippen molar-refractivity contribution in [3.05, 3.63) is 181 Å². The van der Waals surface area contributed by atoms with Crippen LogP contribution in [0.2, 0.25) is 0 Å². The molecule has 0 bridgehead atoms. The summed E-state index contributed by atoms with van der Waals surface area (Å²) in [6.07, 6.45) is 1.85. The van der Waals surface area contributed by atoms with Crippen molar-refractivity contribution < 1.29 is 39.4 Å². The van der Waals surface area contributed by atoms with E-state index in [4.69, 9.17) is 23.2 Å². The summed E-state index contributed by atoms with van der Waals surface area (Å²) in [4.78, 5) is 10.5. The summed E-state index contributed by atoms with van der Waals surface area (Å²) >= 11 is 0. The van der Waals surface area contributed by atoms with Gasteiger partial charge in [0.15, 0.2) is 0 Å². The molecule has 13 aromatic rings. The van der Waals surface area contributed by atoms with Crippen LogP contribution in [0.1, 0.15) is 79.0 Å². The van der Waals surface area contributed by atoms with Gasteiger partial charge in [-0.15, -0.1) is 12.1 Å². The molecule has 5 heterocycles. The number of phenolic OH excluding ortho intramolecular Hbond substituents is 1. The number of aromatic nitrogens is 3. The van der Waals surface area contributed by atoms with E-state index in [9.17, 15) is 5.11 Å². The van der Waals surface area contributed by atoms with Crippen molar-refractivity contribution >= 4 is 76.8 Å². The summed E-state index contributed by atoms with van der Waals surface area (Å²) < 4.78 is 21.9. The minimum Gasteiger partial charge on any atom is -0.507 e. The van der Waals surface area contributed by atoms with Gasteiger partial charge in [0.25, 0.3) is 5.78 Å². The smallest absolute Gasteiger partial charge is 0.254 e. The van der Waals surface area contributed by atoms with Crippen LogP contribution < -0.4 is 0 Å². The van der Waals surface area contributed by atoms with Crippen LogP contribution in [0.4, 0.5) is 0 Å². The van der Waals surface area contributed by atoms with Crippen molar-refractivity contribution in [3.8, 4) is 56.3 Å². The molecule has 5 aromatic heterocycles. The molecule has 13 rings (SSSR count). The zero-order valence-electron chi connectivity index (χ0n) is 42.8. The van der Waals surface area contributed by atoms with Crippen LogP contribution in [-0.2, 0) is 37.3 Å². The zero-order valence-corrected chi connectivity index (χ0v) is 45.1. The second kappa shape index (κ2) is 16.9. The summed E-state index contributed by atoms with van der Waals surface area (Å²) in [6, 6.07) is 56.6. The van der Waals surface area contributed by atoms with Crippen LogP contribution in [-0.4, -0.2) is 19.6 Å². The first-order valence-corrected chi connectivity index (χ1v) is 25.1. The molecule has 7 nitrogen and oxygen atoms in total. The Morgan fingerprint density at radius 3 is 2.04 bits per heavy atom. The molecule has 0 aliphatic heterocycles. The van der Waals surface area contributed by atoms with E-state index in [0.29, 0.717) is 28.3 Å². The molecule has 0 saturated heterocycles. The van der Waals surface area contributed by atoms with E-state index in [0.717, 1.165) is 110 Å². The van der Waals surface area contributed by atoms with Crippen molar-refractivity contribution in [2.45, 2.75) is 78.6 Å². The maximum Gasteiger partial charge on any atom is 0.254 e. The van der Waals surface area contributed by atoms with E-state index in [1.807, 2.05) is 36.5 Å². The average Bonchev–Trinajstić information content (AvgIpc) is 4.14. The Morgan fingerprint density at radius 1 is 0.541 bits per heavy atom. The Hall–Kier alpha value is -7.73. The molecule has 0 saturated carbocycles. The van der Waals surface area contributed by atoms with Crippen molar-refractivity contribution in [3.63, 3.8) is 0 Å². The summed E-state index contributed by atoms with van der Waals surface area (Å²) in [5.41, 5.74) is 14.4. The van der Waals surface area contributed by atoms with Gasteiger partial charge in [-0.3, -0.25) is 9.55 Å². The summed E-state index contributed by atoms with van der Waals surface area (Å²) in [7, 11) is 0. The van der Waals surface area contributed by atoms with Crippen LogP contribution in [0.25, 0.3) is 127 Å². The van der Waals surface area contributed by atoms with E-state index < -0.39 is 0 Å². The summed E-state index contributed by atoms with van der Waals surface area (Å²) in [6.45, 7) is 19.8. The van der Waals surface area contributed by atoms with Gasteiger partial charge in [-0.05, 0) is 104 Å². The fourth-order valence-electron chi connectivity index (χ4n) is 10.7. The van der Waals surface area contributed by atoms with E-state index in [2.05, 4.69) is 194 Å². The Labute approximate surface area is 443 Å². The molecule has 0 aliphatic rings. The zero-order chi connectivity index (χ0) is 50.3. The third-order valence-corrected chi connectivity index (χ3v) is 14.8. The second-order valence-electron chi connectivity index (χ2n) is 22.7. The second-order valence-corrected chi connectivity index (χ2v) is 22.7. The van der Waals surface area contributed by atoms with Gasteiger partial charge in [-0.2, -0.15) is 0 Å². The number of nitrogens with zero attached hydrogens (tertiary/aromatic N) is 3. The number of fused-ring (bicyclic) bond motifs is 12. The average molecular weight is 1150 g/mol. The molecule has 1 N–H and O–H groups in total. The van der Waals surface area contributed by atoms with Gasteiger partial charge in [0.1, 0.15) is 28.3 Å². The van der Waals surface area contributed by atoms with Gasteiger partial charge in [0.2, 0.25) is 0 Å². The first kappa shape index (κ1) is 47.3. The topological polar surface area (TPSA) is 90.4 Å². The SMILES string of the molecule is CC(C)(C)c1ccc(-n2c(-c3cc(C(C)(C)C)cc(C(C)(C)C)c3O)nc3c4c(ccc32)oc2oc3ccc(-c5cc(-c6ccc7c(c6)oc6c8ccccc8ccc76)ccn5)[c-]c3c24)c(-c2ccccc2)c1.[Pt]. The van der Waals surface area contributed by atoms with E-state index in [-0.39, 0.29) is 43.1 Å². The molecule has 8 aromatic carbocycles. The normalized spacial score (nSPS) is 12.6. The Kier molecular flexibility index (Phi) is 10.8. The van der Waals surface area contributed by atoms with E-state index >= 15 is 0 Å². The van der Waals surface area contributed by atoms with Crippen LogP contribution >= 0.6 is 0 Å². The van der Waals surface area contributed by atoms with Gasteiger partial charge in [0.05, 0.1) is 27.9 Å². The predicted octanol–water partition coefficient (Wildman–Crippen LogP) is 18.2.